The van der Waals surface area contributed by atoms with Crippen molar-refractivity contribution in [2.75, 3.05) is 0 Å². The van der Waals surface area contributed by atoms with Crippen LogP contribution in [0.5, 0.6) is 0 Å². The number of aromatic amines is 1. The molecule has 0 aliphatic rings. The highest BCUT2D eigenvalue weighted by Crippen LogP contribution is 2.41. The van der Waals surface area contributed by atoms with Crippen LogP contribution in [0.15, 0.2) is 79.1 Å². The summed E-state index contributed by atoms with van der Waals surface area (Å²) >= 11 is 0. The van der Waals surface area contributed by atoms with Gasteiger partial charge in [0.2, 0.25) is 0 Å². The molecule has 5 aromatic rings. The minimum atomic E-state index is -4.40. The Balaban J connectivity index is 1.76. The zero-order chi connectivity index (χ0) is 21.8. The van der Waals surface area contributed by atoms with Crippen molar-refractivity contribution in [2.45, 2.75) is 12.1 Å². The van der Waals surface area contributed by atoms with E-state index in [1.165, 1.54) is 24.3 Å². The second kappa shape index (κ2) is 7.01. The number of benzene rings is 3. The molecule has 0 radical (unpaired) electrons. The monoisotopic (exact) mass is 422 g/mol. The lowest BCUT2D eigenvalue weighted by molar-refractivity contribution is -0.137. The van der Waals surface area contributed by atoms with Crippen LogP contribution < -0.4 is 0 Å². The molecule has 2 nitrogen and oxygen atoms in total. The summed E-state index contributed by atoms with van der Waals surface area (Å²) in [6.45, 7) is 0. The number of hydrogen-bond donors (Lipinski definition) is 1. The van der Waals surface area contributed by atoms with Gasteiger partial charge in [-0.2, -0.15) is 13.2 Å². The van der Waals surface area contributed by atoms with E-state index in [4.69, 9.17) is 0 Å². The standard InChI is InChI=1S/C25H18F4N2/c1-31-14-21(19-11-10-17(26)12-23(19)31)24(15-6-8-16(9-7-15)25(27,28)29)20-13-30-22-5-3-2-4-18(20)22/h2-14,24,30H,1H3. The number of nitrogens with one attached hydrogen (secondary N) is 1. The number of rotatable bonds is 3. The van der Waals surface area contributed by atoms with Gasteiger partial charge in [-0.1, -0.05) is 30.3 Å². The van der Waals surface area contributed by atoms with Crippen molar-refractivity contribution in [3.8, 4) is 0 Å². The molecule has 0 aliphatic carbocycles. The van der Waals surface area contributed by atoms with Gasteiger partial charge in [-0.15, -0.1) is 0 Å². The SMILES string of the molecule is Cn1cc(C(c2ccc(C(F)(F)F)cc2)c2c[nH]c3ccccc23)c2ccc(F)cc21. The molecular weight excluding hydrogens is 404 g/mol. The van der Waals surface area contributed by atoms with Crippen molar-refractivity contribution < 1.29 is 17.6 Å². The summed E-state index contributed by atoms with van der Waals surface area (Å²) in [7, 11) is 1.84. The Kier molecular flexibility index (Phi) is 4.39. The lowest BCUT2D eigenvalue weighted by Crippen LogP contribution is -2.07. The third-order valence-electron chi connectivity index (χ3n) is 5.80. The molecule has 0 saturated heterocycles. The Hall–Kier alpha value is -3.54. The van der Waals surface area contributed by atoms with Gasteiger partial charge in [0.15, 0.2) is 0 Å². The highest BCUT2D eigenvalue weighted by Gasteiger charge is 2.31. The molecule has 1 N–H and O–H groups in total. The summed E-state index contributed by atoms with van der Waals surface area (Å²) in [5.41, 5.74) is 3.57. The molecule has 1 atom stereocenters. The molecule has 6 heteroatoms. The normalized spacial score (nSPS) is 13.2. The number of hydrogen-bond acceptors (Lipinski definition) is 0. The van der Waals surface area contributed by atoms with E-state index in [0.29, 0.717) is 0 Å². The van der Waals surface area contributed by atoms with Crippen LogP contribution in [0.25, 0.3) is 21.8 Å². The first-order valence-electron chi connectivity index (χ1n) is 9.80. The first-order chi connectivity index (χ1) is 14.8. The van der Waals surface area contributed by atoms with Crippen molar-refractivity contribution in [1.29, 1.82) is 0 Å². The molecule has 2 aromatic heterocycles. The summed E-state index contributed by atoms with van der Waals surface area (Å²) in [5, 5.41) is 1.85. The summed E-state index contributed by atoms with van der Waals surface area (Å²) in [6, 6.07) is 17.7. The molecule has 156 valence electrons. The largest absolute Gasteiger partial charge is 0.416 e. The smallest absolute Gasteiger partial charge is 0.361 e. The maximum Gasteiger partial charge on any atom is 0.416 e. The van der Waals surface area contributed by atoms with E-state index in [1.807, 2.05) is 48.3 Å². The number of nitrogens with zero attached hydrogens (tertiary/aromatic N) is 1. The lowest BCUT2D eigenvalue weighted by Gasteiger charge is -2.18. The van der Waals surface area contributed by atoms with Crippen LogP contribution in [0.3, 0.4) is 0 Å². The topological polar surface area (TPSA) is 20.7 Å². The van der Waals surface area contributed by atoms with E-state index in [9.17, 15) is 17.6 Å². The third kappa shape index (κ3) is 3.28. The minimum absolute atomic E-state index is 0.326. The summed E-state index contributed by atoms with van der Waals surface area (Å²) in [4.78, 5) is 3.26. The lowest BCUT2D eigenvalue weighted by atomic mass is 9.84. The molecule has 0 bridgehead atoms. The molecule has 3 aromatic carbocycles. The van der Waals surface area contributed by atoms with Crippen molar-refractivity contribution in [2.24, 2.45) is 7.05 Å². The van der Waals surface area contributed by atoms with Gasteiger partial charge >= 0.3 is 6.18 Å². The van der Waals surface area contributed by atoms with Gasteiger partial charge in [0.05, 0.1) is 11.1 Å². The number of para-hydroxylation sites is 1. The van der Waals surface area contributed by atoms with Gasteiger partial charge < -0.3 is 9.55 Å². The van der Waals surface area contributed by atoms with E-state index in [-0.39, 0.29) is 11.7 Å². The predicted octanol–water partition coefficient (Wildman–Crippen LogP) is 7.00. The van der Waals surface area contributed by atoms with Crippen LogP contribution in [-0.4, -0.2) is 9.55 Å². The molecular formula is C25H18F4N2. The second-order valence-corrected chi connectivity index (χ2v) is 7.70. The molecule has 0 spiro atoms. The van der Waals surface area contributed by atoms with Crippen molar-refractivity contribution in [3.63, 3.8) is 0 Å². The molecule has 31 heavy (non-hydrogen) atoms. The molecule has 0 saturated carbocycles. The average molecular weight is 422 g/mol. The first-order valence-corrected chi connectivity index (χ1v) is 9.80. The Morgan fingerprint density at radius 3 is 2.35 bits per heavy atom. The molecule has 0 aliphatic heterocycles. The number of aromatic nitrogens is 2. The molecule has 5 rings (SSSR count). The Labute approximate surface area is 175 Å². The highest BCUT2D eigenvalue weighted by atomic mass is 19.4. The Morgan fingerprint density at radius 1 is 0.871 bits per heavy atom. The van der Waals surface area contributed by atoms with E-state index < -0.39 is 11.7 Å². The van der Waals surface area contributed by atoms with Gasteiger partial charge in [0, 0.05) is 41.6 Å². The van der Waals surface area contributed by atoms with Crippen LogP contribution in [0.1, 0.15) is 28.2 Å². The Morgan fingerprint density at radius 2 is 1.61 bits per heavy atom. The number of fused-ring (bicyclic) bond motifs is 2. The maximum absolute atomic E-state index is 13.9. The quantitative estimate of drug-likeness (QED) is 0.302. The zero-order valence-corrected chi connectivity index (χ0v) is 16.5. The molecule has 0 fully saturated rings. The highest BCUT2D eigenvalue weighted by molar-refractivity contribution is 5.89. The average Bonchev–Trinajstić information content (AvgIpc) is 3.30. The fourth-order valence-electron chi connectivity index (χ4n) is 4.34. The van der Waals surface area contributed by atoms with Crippen molar-refractivity contribution in [1.82, 2.24) is 9.55 Å². The molecule has 1 unspecified atom stereocenters. The van der Waals surface area contributed by atoms with Crippen LogP contribution in [-0.2, 0) is 13.2 Å². The van der Waals surface area contributed by atoms with Gasteiger partial charge in [-0.25, -0.2) is 4.39 Å². The van der Waals surface area contributed by atoms with Crippen LogP contribution in [0.4, 0.5) is 17.6 Å². The number of alkyl halides is 3. The van der Waals surface area contributed by atoms with Crippen molar-refractivity contribution >= 4 is 21.8 Å². The number of aryl methyl sites for hydroxylation is 1. The van der Waals surface area contributed by atoms with E-state index >= 15 is 0 Å². The molecule has 0 amide bonds. The fraction of sp³-hybridized carbons (Fsp3) is 0.120. The first kappa shape index (κ1) is 19.4. The van der Waals surface area contributed by atoms with Gasteiger partial charge in [0.25, 0.3) is 0 Å². The van der Waals surface area contributed by atoms with Gasteiger partial charge in [-0.05, 0) is 53.1 Å². The molecule has 2 heterocycles. The van der Waals surface area contributed by atoms with Gasteiger partial charge in [0.1, 0.15) is 5.82 Å². The summed E-state index contributed by atoms with van der Waals surface area (Å²) < 4.78 is 55.1. The number of H-pyrrole nitrogens is 1. The van der Waals surface area contributed by atoms with Gasteiger partial charge in [-0.3, -0.25) is 0 Å². The zero-order valence-electron chi connectivity index (χ0n) is 16.5. The number of halogens is 4. The summed E-state index contributed by atoms with van der Waals surface area (Å²) in [6.07, 6.45) is -0.574. The van der Waals surface area contributed by atoms with E-state index in [0.717, 1.165) is 50.6 Å². The van der Waals surface area contributed by atoms with Crippen LogP contribution >= 0.6 is 0 Å². The second-order valence-electron chi connectivity index (χ2n) is 7.70. The predicted molar refractivity (Wildman–Crippen MR) is 114 cm³/mol. The summed E-state index contributed by atoms with van der Waals surface area (Å²) in [5.74, 6) is -0.661. The van der Waals surface area contributed by atoms with Crippen LogP contribution in [0, 0.1) is 5.82 Å². The third-order valence-corrected chi connectivity index (χ3v) is 5.80. The van der Waals surface area contributed by atoms with E-state index in [2.05, 4.69) is 4.98 Å². The Bertz CT molecular complexity index is 1390. The van der Waals surface area contributed by atoms with Crippen LogP contribution in [0.2, 0.25) is 0 Å². The van der Waals surface area contributed by atoms with Crippen molar-refractivity contribution in [3.05, 3.63) is 107 Å². The van der Waals surface area contributed by atoms with E-state index in [1.54, 1.807) is 6.07 Å². The fourth-order valence-corrected chi connectivity index (χ4v) is 4.34. The maximum atomic E-state index is 13.9. The minimum Gasteiger partial charge on any atom is -0.361 e.